The fourth-order valence-electron chi connectivity index (χ4n) is 1.82. The van der Waals surface area contributed by atoms with E-state index in [0.29, 0.717) is 24.2 Å². The van der Waals surface area contributed by atoms with E-state index in [1.807, 2.05) is 0 Å². The summed E-state index contributed by atoms with van der Waals surface area (Å²) in [5.41, 5.74) is -0.405. The Kier molecular flexibility index (Phi) is 2.84. The van der Waals surface area contributed by atoms with Gasteiger partial charge in [-0.25, -0.2) is 8.78 Å². The SMILES string of the molecule is COc1cccc(C(F)F)c1CC1(O)CC1. The van der Waals surface area contributed by atoms with Gasteiger partial charge in [0.2, 0.25) is 0 Å². The number of halogens is 2. The number of methoxy groups -OCH3 is 1. The Hall–Kier alpha value is -1.16. The first-order valence-electron chi connectivity index (χ1n) is 5.22. The number of ether oxygens (including phenoxy) is 1. The van der Waals surface area contributed by atoms with Crippen LogP contribution in [0.25, 0.3) is 0 Å². The summed E-state index contributed by atoms with van der Waals surface area (Å²) < 4.78 is 30.7. The second-order valence-electron chi connectivity index (χ2n) is 4.23. The molecule has 1 aliphatic carbocycles. The summed E-state index contributed by atoms with van der Waals surface area (Å²) in [5, 5.41) is 9.81. The van der Waals surface area contributed by atoms with Gasteiger partial charge in [0.25, 0.3) is 6.43 Å². The molecule has 1 fully saturated rings. The number of hydrogen-bond acceptors (Lipinski definition) is 2. The molecule has 0 atom stereocenters. The maximum atomic E-state index is 12.8. The minimum absolute atomic E-state index is 0.0420. The van der Waals surface area contributed by atoms with E-state index in [0.717, 1.165) is 0 Å². The van der Waals surface area contributed by atoms with Crippen LogP contribution in [0.3, 0.4) is 0 Å². The van der Waals surface area contributed by atoms with Crippen molar-refractivity contribution in [2.45, 2.75) is 31.3 Å². The van der Waals surface area contributed by atoms with Crippen molar-refractivity contribution in [3.8, 4) is 5.75 Å². The Morgan fingerprint density at radius 2 is 2.12 bits per heavy atom. The summed E-state index contributed by atoms with van der Waals surface area (Å²) in [5.74, 6) is 0.429. The number of benzene rings is 1. The van der Waals surface area contributed by atoms with Crippen molar-refractivity contribution in [3.63, 3.8) is 0 Å². The summed E-state index contributed by atoms with van der Waals surface area (Å²) in [7, 11) is 1.45. The van der Waals surface area contributed by atoms with Crippen LogP contribution in [0, 0.1) is 0 Å². The van der Waals surface area contributed by atoms with Crippen molar-refractivity contribution >= 4 is 0 Å². The van der Waals surface area contributed by atoms with Crippen LogP contribution in [0.2, 0.25) is 0 Å². The third kappa shape index (κ3) is 2.16. The minimum Gasteiger partial charge on any atom is -0.496 e. The first-order valence-corrected chi connectivity index (χ1v) is 5.22. The van der Waals surface area contributed by atoms with Crippen molar-refractivity contribution in [1.29, 1.82) is 0 Å². The molecule has 0 aliphatic heterocycles. The average molecular weight is 228 g/mol. The molecule has 0 unspecified atom stereocenters. The summed E-state index contributed by atoms with van der Waals surface area (Å²) in [6.07, 6.45) is -0.939. The van der Waals surface area contributed by atoms with Gasteiger partial charge < -0.3 is 9.84 Å². The van der Waals surface area contributed by atoms with Gasteiger partial charge >= 0.3 is 0 Å². The van der Waals surface area contributed by atoms with Crippen LogP contribution in [0.15, 0.2) is 18.2 Å². The zero-order chi connectivity index (χ0) is 11.8. The van der Waals surface area contributed by atoms with E-state index < -0.39 is 12.0 Å². The molecule has 0 heterocycles. The fourth-order valence-corrected chi connectivity index (χ4v) is 1.82. The zero-order valence-electron chi connectivity index (χ0n) is 9.04. The molecule has 0 bridgehead atoms. The highest BCUT2D eigenvalue weighted by molar-refractivity contribution is 5.42. The van der Waals surface area contributed by atoms with E-state index in [1.165, 1.54) is 13.2 Å². The van der Waals surface area contributed by atoms with Gasteiger partial charge in [0.05, 0.1) is 12.7 Å². The second-order valence-corrected chi connectivity index (χ2v) is 4.23. The fraction of sp³-hybridized carbons (Fsp3) is 0.500. The minimum atomic E-state index is -2.53. The van der Waals surface area contributed by atoms with Gasteiger partial charge in [-0.3, -0.25) is 0 Å². The van der Waals surface area contributed by atoms with Crippen LogP contribution in [0.1, 0.15) is 30.4 Å². The Balaban J connectivity index is 2.37. The molecule has 1 aliphatic rings. The normalized spacial score (nSPS) is 17.6. The summed E-state index contributed by atoms with van der Waals surface area (Å²) in [6.45, 7) is 0. The first kappa shape index (κ1) is 11.3. The highest BCUT2D eigenvalue weighted by atomic mass is 19.3. The largest absolute Gasteiger partial charge is 0.496 e. The lowest BCUT2D eigenvalue weighted by Gasteiger charge is -2.16. The molecule has 1 aromatic rings. The molecule has 0 amide bonds. The van der Waals surface area contributed by atoms with Gasteiger partial charge in [-0.05, 0) is 18.9 Å². The standard InChI is InChI=1S/C12H14F2O2/c1-16-10-4-2-3-8(11(13)14)9(10)7-12(15)5-6-12/h2-4,11,15H,5-7H2,1H3. The Morgan fingerprint density at radius 1 is 1.44 bits per heavy atom. The lowest BCUT2D eigenvalue weighted by Crippen LogP contribution is -2.13. The molecule has 1 N–H and O–H groups in total. The monoisotopic (exact) mass is 228 g/mol. The smallest absolute Gasteiger partial charge is 0.264 e. The maximum absolute atomic E-state index is 12.8. The lowest BCUT2D eigenvalue weighted by molar-refractivity contribution is 0.137. The summed E-state index contributed by atoms with van der Waals surface area (Å²) in [4.78, 5) is 0. The molecular weight excluding hydrogens is 214 g/mol. The molecule has 2 nitrogen and oxygen atoms in total. The van der Waals surface area contributed by atoms with Crippen LogP contribution in [-0.4, -0.2) is 17.8 Å². The highest BCUT2D eigenvalue weighted by Gasteiger charge is 2.41. The van der Waals surface area contributed by atoms with Gasteiger partial charge in [-0.2, -0.15) is 0 Å². The third-order valence-corrected chi connectivity index (χ3v) is 2.96. The Morgan fingerprint density at radius 3 is 2.62 bits per heavy atom. The predicted molar refractivity (Wildman–Crippen MR) is 55.8 cm³/mol. The Labute approximate surface area is 92.9 Å². The van der Waals surface area contributed by atoms with Crippen molar-refractivity contribution in [2.24, 2.45) is 0 Å². The van der Waals surface area contributed by atoms with Crippen LogP contribution in [-0.2, 0) is 6.42 Å². The van der Waals surface area contributed by atoms with E-state index >= 15 is 0 Å². The van der Waals surface area contributed by atoms with E-state index in [2.05, 4.69) is 0 Å². The lowest BCUT2D eigenvalue weighted by atomic mass is 9.99. The number of hydrogen-bond donors (Lipinski definition) is 1. The molecule has 0 saturated heterocycles. The van der Waals surface area contributed by atoms with E-state index in [9.17, 15) is 13.9 Å². The van der Waals surface area contributed by atoms with Crippen LogP contribution >= 0.6 is 0 Å². The van der Waals surface area contributed by atoms with Gasteiger partial charge in [0, 0.05) is 17.5 Å². The summed E-state index contributed by atoms with van der Waals surface area (Å²) in [6, 6.07) is 4.57. The molecule has 0 radical (unpaired) electrons. The topological polar surface area (TPSA) is 29.5 Å². The number of aliphatic hydroxyl groups is 1. The van der Waals surface area contributed by atoms with E-state index in [1.54, 1.807) is 12.1 Å². The van der Waals surface area contributed by atoms with E-state index in [-0.39, 0.29) is 12.0 Å². The maximum Gasteiger partial charge on any atom is 0.264 e. The van der Waals surface area contributed by atoms with Crippen LogP contribution < -0.4 is 4.74 Å². The molecule has 0 aromatic heterocycles. The van der Waals surface area contributed by atoms with Crippen molar-refractivity contribution in [3.05, 3.63) is 29.3 Å². The van der Waals surface area contributed by atoms with E-state index in [4.69, 9.17) is 4.74 Å². The second kappa shape index (κ2) is 4.01. The predicted octanol–water partition coefficient (Wildman–Crippen LogP) is 2.70. The molecule has 4 heteroatoms. The molecule has 1 saturated carbocycles. The highest BCUT2D eigenvalue weighted by Crippen LogP contribution is 2.42. The molecular formula is C12H14F2O2. The molecule has 1 aromatic carbocycles. The van der Waals surface area contributed by atoms with Gasteiger partial charge in [0.15, 0.2) is 0 Å². The third-order valence-electron chi connectivity index (χ3n) is 2.96. The summed E-state index contributed by atoms with van der Waals surface area (Å²) >= 11 is 0. The van der Waals surface area contributed by atoms with Gasteiger partial charge in [-0.1, -0.05) is 12.1 Å². The van der Waals surface area contributed by atoms with Crippen molar-refractivity contribution in [1.82, 2.24) is 0 Å². The van der Waals surface area contributed by atoms with Crippen molar-refractivity contribution in [2.75, 3.05) is 7.11 Å². The van der Waals surface area contributed by atoms with Crippen molar-refractivity contribution < 1.29 is 18.6 Å². The van der Waals surface area contributed by atoms with Crippen LogP contribution in [0.5, 0.6) is 5.75 Å². The molecule has 88 valence electrons. The van der Waals surface area contributed by atoms with Crippen LogP contribution in [0.4, 0.5) is 8.78 Å². The first-order chi connectivity index (χ1) is 7.56. The number of alkyl halides is 2. The zero-order valence-corrected chi connectivity index (χ0v) is 9.04. The van der Waals surface area contributed by atoms with Gasteiger partial charge in [0.1, 0.15) is 5.75 Å². The molecule has 16 heavy (non-hydrogen) atoms. The van der Waals surface area contributed by atoms with Gasteiger partial charge in [-0.15, -0.1) is 0 Å². The molecule has 0 spiro atoms. The number of rotatable bonds is 4. The molecule has 2 rings (SSSR count). The Bertz CT molecular complexity index is 387. The average Bonchev–Trinajstić information content (AvgIpc) is 2.96. The quantitative estimate of drug-likeness (QED) is 0.858.